The van der Waals surface area contributed by atoms with E-state index in [0.717, 1.165) is 48.2 Å². The Hall–Kier alpha value is -2.37. The van der Waals surface area contributed by atoms with Crippen LogP contribution in [0.2, 0.25) is 5.02 Å². The zero-order valence-electron chi connectivity index (χ0n) is 17.4. The molecule has 0 spiro atoms. The van der Waals surface area contributed by atoms with Crippen molar-refractivity contribution in [2.24, 2.45) is 5.92 Å². The summed E-state index contributed by atoms with van der Waals surface area (Å²) in [6.45, 7) is 3.62. The number of nitrogens with zero attached hydrogens (tertiary/aromatic N) is 1. The SMILES string of the molecule is COC(=O)C1CNCCC1c1ccc2c(c1)CN(C(C)=O)c1ccc(Cl)cc1CC2. The summed E-state index contributed by atoms with van der Waals surface area (Å²) < 4.78 is 5.05. The number of piperidine rings is 1. The zero-order valence-corrected chi connectivity index (χ0v) is 18.2. The smallest absolute Gasteiger partial charge is 0.310 e. The van der Waals surface area contributed by atoms with E-state index in [0.29, 0.717) is 18.1 Å². The number of hydrogen-bond donors (Lipinski definition) is 1. The van der Waals surface area contributed by atoms with Crippen molar-refractivity contribution in [2.45, 2.75) is 38.6 Å². The molecule has 0 bridgehead atoms. The van der Waals surface area contributed by atoms with Crippen molar-refractivity contribution in [1.29, 1.82) is 0 Å². The highest BCUT2D eigenvalue weighted by atomic mass is 35.5. The summed E-state index contributed by atoms with van der Waals surface area (Å²) in [5.41, 5.74) is 5.55. The maximum absolute atomic E-state index is 12.5. The number of hydrogen-bond acceptors (Lipinski definition) is 4. The molecule has 158 valence electrons. The fourth-order valence-electron chi connectivity index (χ4n) is 4.75. The van der Waals surface area contributed by atoms with Gasteiger partial charge in [-0.15, -0.1) is 0 Å². The Balaban J connectivity index is 1.70. The zero-order chi connectivity index (χ0) is 21.3. The number of methoxy groups -OCH3 is 1. The highest BCUT2D eigenvalue weighted by Gasteiger charge is 2.33. The third kappa shape index (κ3) is 4.09. The summed E-state index contributed by atoms with van der Waals surface area (Å²) in [6.07, 6.45) is 2.60. The van der Waals surface area contributed by atoms with Gasteiger partial charge in [0.25, 0.3) is 0 Å². The molecule has 1 fully saturated rings. The molecule has 1 saturated heterocycles. The largest absolute Gasteiger partial charge is 0.469 e. The summed E-state index contributed by atoms with van der Waals surface area (Å²) in [7, 11) is 1.45. The Bertz CT molecular complexity index is 975. The maximum atomic E-state index is 12.5. The number of halogens is 1. The van der Waals surface area contributed by atoms with Crippen molar-refractivity contribution in [3.8, 4) is 0 Å². The van der Waals surface area contributed by atoms with Gasteiger partial charge < -0.3 is 15.0 Å². The van der Waals surface area contributed by atoms with Crippen molar-refractivity contribution < 1.29 is 14.3 Å². The molecule has 2 aromatic rings. The summed E-state index contributed by atoms with van der Waals surface area (Å²) in [5, 5.41) is 3.99. The molecule has 2 unspecified atom stereocenters. The van der Waals surface area contributed by atoms with E-state index in [1.54, 1.807) is 6.92 Å². The van der Waals surface area contributed by atoms with Gasteiger partial charge in [-0.3, -0.25) is 9.59 Å². The number of benzene rings is 2. The first-order chi connectivity index (χ1) is 14.5. The number of carbonyl (C=O) groups is 2. The number of rotatable bonds is 2. The van der Waals surface area contributed by atoms with Crippen LogP contribution in [-0.2, 0) is 33.7 Å². The van der Waals surface area contributed by atoms with Crippen molar-refractivity contribution >= 4 is 29.2 Å². The fraction of sp³-hybridized carbons (Fsp3) is 0.417. The summed E-state index contributed by atoms with van der Waals surface area (Å²) in [5.74, 6) is -0.241. The average Bonchev–Trinajstić information content (AvgIpc) is 2.74. The molecule has 0 saturated carbocycles. The molecule has 0 radical (unpaired) electrons. The van der Waals surface area contributed by atoms with E-state index in [1.807, 2.05) is 23.1 Å². The highest BCUT2D eigenvalue weighted by molar-refractivity contribution is 6.30. The van der Waals surface area contributed by atoms with Crippen molar-refractivity contribution in [1.82, 2.24) is 5.32 Å². The molecule has 2 heterocycles. The third-order valence-corrected chi connectivity index (χ3v) is 6.58. The van der Waals surface area contributed by atoms with Crippen LogP contribution < -0.4 is 10.2 Å². The molecule has 30 heavy (non-hydrogen) atoms. The van der Waals surface area contributed by atoms with Gasteiger partial charge in [-0.1, -0.05) is 29.8 Å². The molecule has 2 aliphatic rings. The van der Waals surface area contributed by atoms with Crippen LogP contribution in [0.25, 0.3) is 0 Å². The van der Waals surface area contributed by atoms with Crippen LogP contribution in [0.4, 0.5) is 5.69 Å². The molecule has 1 N–H and O–H groups in total. The van der Waals surface area contributed by atoms with E-state index in [9.17, 15) is 9.59 Å². The molecule has 2 aliphatic heterocycles. The second kappa shape index (κ2) is 8.78. The van der Waals surface area contributed by atoms with Crippen LogP contribution in [-0.4, -0.2) is 32.1 Å². The quantitative estimate of drug-likeness (QED) is 0.741. The van der Waals surface area contributed by atoms with E-state index >= 15 is 0 Å². The summed E-state index contributed by atoms with van der Waals surface area (Å²) in [4.78, 5) is 26.7. The van der Waals surface area contributed by atoms with Gasteiger partial charge in [0, 0.05) is 24.2 Å². The highest BCUT2D eigenvalue weighted by Crippen LogP contribution is 2.35. The molecule has 6 heteroatoms. The second-order valence-corrected chi connectivity index (χ2v) is 8.57. The number of aryl methyl sites for hydroxylation is 2. The molecule has 0 aliphatic carbocycles. The van der Waals surface area contributed by atoms with E-state index in [2.05, 4.69) is 23.5 Å². The van der Waals surface area contributed by atoms with Gasteiger partial charge >= 0.3 is 5.97 Å². The molecular weight excluding hydrogens is 400 g/mol. The van der Waals surface area contributed by atoms with Crippen LogP contribution in [0.15, 0.2) is 36.4 Å². The van der Waals surface area contributed by atoms with Crippen LogP contribution in [0.3, 0.4) is 0 Å². The number of amides is 1. The molecule has 2 atom stereocenters. The van der Waals surface area contributed by atoms with Crippen molar-refractivity contribution in [3.05, 3.63) is 63.7 Å². The van der Waals surface area contributed by atoms with Gasteiger partial charge in [0.2, 0.25) is 5.91 Å². The molecular formula is C24H27ClN2O3. The molecule has 4 rings (SSSR count). The topological polar surface area (TPSA) is 58.6 Å². The summed E-state index contributed by atoms with van der Waals surface area (Å²) in [6, 6.07) is 12.2. The van der Waals surface area contributed by atoms with Crippen molar-refractivity contribution in [3.63, 3.8) is 0 Å². The lowest BCUT2D eigenvalue weighted by Gasteiger charge is -2.32. The Morgan fingerprint density at radius 2 is 1.90 bits per heavy atom. The Morgan fingerprint density at radius 1 is 1.10 bits per heavy atom. The van der Waals surface area contributed by atoms with E-state index in [4.69, 9.17) is 16.3 Å². The fourth-order valence-corrected chi connectivity index (χ4v) is 4.94. The summed E-state index contributed by atoms with van der Waals surface area (Å²) >= 11 is 6.21. The van der Waals surface area contributed by atoms with Gasteiger partial charge in [0.05, 0.1) is 19.6 Å². The number of ether oxygens (including phenoxy) is 1. The molecule has 2 aromatic carbocycles. The van der Waals surface area contributed by atoms with Gasteiger partial charge in [-0.05, 0) is 72.2 Å². The molecule has 1 amide bonds. The van der Waals surface area contributed by atoms with Crippen LogP contribution >= 0.6 is 11.6 Å². The van der Waals surface area contributed by atoms with E-state index < -0.39 is 0 Å². The maximum Gasteiger partial charge on any atom is 0.310 e. The predicted molar refractivity (Wildman–Crippen MR) is 118 cm³/mol. The van der Waals surface area contributed by atoms with Gasteiger partial charge in [0.15, 0.2) is 0 Å². The van der Waals surface area contributed by atoms with E-state index in [1.165, 1.54) is 12.7 Å². The average molecular weight is 427 g/mol. The van der Waals surface area contributed by atoms with Crippen molar-refractivity contribution in [2.75, 3.05) is 25.1 Å². The Labute approximate surface area is 182 Å². The second-order valence-electron chi connectivity index (χ2n) is 8.14. The normalized spacial score (nSPS) is 21.1. The molecule has 0 aromatic heterocycles. The lowest BCUT2D eigenvalue weighted by atomic mass is 9.80. The first-order valence-electron chi connectivity index (χ1n) is 10.4. The predicted octanol–water partition coefficient (Wildman–Crippen LogP) is 3.86. The Morgan fingerprint density at radius 3 is 2.67 bits per heavy atom. The number of esters is 1. The van der Waals surface area contributed by atoms with Crippen LogP contribution in [0.1, 0.15) is 41.5 Å². The number of carbonyl (C=O) groups excluding carboxylic acids is 2. The number of anilines is 1. The number of fused-ring (bicyclic) bond motifs is 2. The first kappa shape index (κ1) is 20.9. The first-order valence-corrected chi connectivity index (χ1v) is 10.8. The van der Waals surface area contributed by atoms with Gasteiger partial charge in [-0.2, -0.15) is 0 Å². The third-order valence-electron chi connectivity index (χ3n) is 6.35. The van der Waals surface area contributed by atoms with Gasteiger partial charge in [-0.25, -0.2) is 0 Å². The standard InChI is InChI=1S/C24H27ClN2O3/c1-15(28)27-14-19-11-17(21-9-10-26-13-22(21)24(29)30-2)5-3-16(19)4-6-18-12-20(25)7-8-23(18)27/h3,5,7-8,11-12,21-22,26H,4,6,9-10,13-14H2,1-2H3. The van der Waals surface area contributed by atoms with Crippen LogP contribution in [0, 0.1) is 5.92 Å². The van der Waals surface area contributed by atoms with E-state index in [-0.39, 0.29) is 23.7 Å². The lowest BCUT2D eigenvalue weighted by Crippen LogP contribution is -2.40. The monoisotopic (exact) mass is 426 g/mol. The minimum atomic E-state index is -0.192. The minimum absolute atomic E-state index is 0.00568. The van der Waals surface area contributed by atoms with Crippen LogP contribution in [0.5, 0.6) is 0 Å². The minimum Gasteiger partial charge on any atom is -0.469 e. The Kier molecular flexibility index (Phi) is 6.11. The number of nitrogens with one attached hydrogen (secondary N) is 1. The molecule has 5 nitrogen and oxygen atoms in total. The lowest BCUT2D eigenvalue weighted by molar-refractivity contribution is -0.146. The van der Waals surface area contributed by atoms with Gasteiger partial charge in [0.1, 0.15) is 0 Å².